The smallest absolute Gasteiger partial charge is 0.225 e. The van der Waals surface area contributed by atoms with Crippen LogP contribution in [0.3, 0.4) is 0 Å². The van der Waals surface area contributed by atoms with E-state index in [1.807, 2.05) is 18.0 Å². The molecule has 6 heteroatoms. The Bertz CT molecular complexity index is 565. The maximum absolute atomic E-state index is 12.6. The van der Waals surface area contributed by atoms with Crippen molar-refractivity contribution < 1.29 is 14.3 Å². The summed E-state index contributed by atoms with van der Waals surface area (Å²) in [4.78, 5) is 23.6. The molecule has 24 heavy (non-hydrogen) atoms. The monoisotopic (exact) mass is 333 g/mol. The molecule has 2 aliphatic rings. The number of aromatic nitrogens is 2. The molecule has 3 heterocycles. The zero-order valence-electron chi connectivity index (χ0n) is 14.7. The van der Waals surface area contributed by atoms with E-state index in [-0.39, 0.29) is 5.92 Å². The summed E-state index contributed by atoms with van der Waals surface area (Å²) in [6.07, 6.45) is 5.52. The first-order valence-electron chi connectivity index (χ1n) is 8.87. The number of hydrogen-bond acceptors (Lipinski definition) is 5. The van der Waals surface area contributed by atoms with Crippen LogP contribution in [-0.2, 0) is 20.9 Å². The van der Waals surface area contributed by atoms with Gasteiger partial charge in [0.1, 0.15) is 5.82 Å². The first-order chi connectivity index (χ1) is 11.7. The molecule has 0 aliphatic carbocycles. The predicted octanol–water partition coefficient (Wildman–Crippen LogP) is 2.06. The molecule has 0 bridgehead atoms. The van der Waals surface area contributed by atoms with E-state index in [9.17, 15) is 4.79 Å². The van der Waals surface area contributed by atoms with Crippen LogP contribution in [0.1, 0.15) is 48.7 Å². The Morgan fingerprint density at radius 2 is 2.00 bits per heavy atom. The summed E-state index contributed by atoms with van der Waals surface area (Å²) in [6, 6.07) is 0. The van der Waals surface area contributed by atoms with E-state index in [1.165, 1.54) is 0 Å². The van der Waals surface area contributed by atoms with E-state index < -0.39 is 0 Å². The van der Waals surface area contributed by atoms with Gasteiger partial charge in [0.2, 0.25) is 5.91 Å². The van der Waals surface area contributed by atoms with E-state index in [4.69, 9.17) is 9.47 Å². The van der Waals surface area contributed by atoms with Crippen molar-refractivity contribution in [2.45, 2.75) is 45.1 Å². The van der Waals surface area contributed by atoms with Crippen LogP contribution < -0.4 is 0 Å². The third-order valence-electron chi connectivity index (χ3n) is 5.08. The number of carbonyl (C=O) groups is 1. The fourth-order valence-corrected chi connectivity index (χ4v) is 3.71. The van der Waals surface area contributed by atoms with Gasteiger partial charge in [0.15, 0.2) is 0 Å². The zero-order valence-corrected chi connectivity index (χ0v) is 14.7. The number of hydrogen-bond donors (Lipinski definition) is 0. The van der Waals surface area contributed by atoms with Crippen molar-refractivity contribution >= 4 is 5.91 Å². The van der Waals surface area contributed by atoms with Crippen LogP contribution in [0.4, 0.5) is 0 Å². The Balaban J connectivity index is 1.62. The number of carbonyl (C=O) groups excluding carboxylic acids is 1. The van der Waals surface area contributed by atoms with E-state index in [0.717, 1.165) is 55.9 Å². The van der Waals surface area contributed by atoms with Gasteiger partial charge in [-0.05, 0) is 32.6 Å². The summed E-state index contributed by atoms with van der Waals surface area (Å²) in [5.74, 6) is 1.65. The van der Waals surface area contributed by atoms with Crippen molar-refractivity contribution in [3.8, 4) is 0 Å². The highest BCUT2D eigenvalue weighted by molar-refractivity contribution is 5.79. The summed E-state index contributed by atoms with van der Waals surface area (Å²) in [5, 5.41) is 0. The number of methoxy groups -OCH3 is 1. The Morgan fingerprint density at radius 1 is 1.29 bits per heavy atom. The quantitative estimate of drug-likeness (QED) is 0.844. The standard InChI is InChI=1S/C18H27N3O3/c1-13-19-11-16(12-23-2)17(20-13)14-3-7-21(8-4-14)18(22)15-5-9-24-10-6-15/h11,14-15H,3-10,12H2,1-2H3. The lowest BCUT2D eigenvalue weighted by molar-refractivity contribution is -0.139. The average molecular weight is 333 g/mol. The molecule has 0 saturated carbocycles. The zero-order chi connectivity index (χ0) is 16.9. The number of aryl methyl sites for hydroxylation is 1. The Labute approximate surface area is 143 Å². The summed E-state index contributed by atoms with van der Waals surface area (Å²) < 4.78 is 10.6. The highest BCUT2D eigenvalue weighted by Gasteiger charge is 2.31. The minimum absolute atomic E-state index is 0.153. The summed E-state index contributed by atoms with van der Waals surface area (Å²) in [7, 11) is 1.69. The lowest BCUT2D eigenvalue weighted by atomic mass is 9.89. The van der Waals surface area contributed by atoms with Crippen LogP contribution in [0.15, 0.2) is 6.20 Å². The maximum atomic E-state index is 12.6. The van der Waals surface area contributed by atoms with Crippen molar-refractivity contribution in [3.63, 3.8) is 0 Å². The Kier molecular flexibility index (Phi) is 5.79. The molecular formula is C18H27N3O3. The molecule has 3 rings (SSSR count). The molecule has 0 unspecified atom stereocenters. The highest BCUT2D eigenvalue weighted by Crippen LogP contribution is 2.30. The lowest BCUT2D eigenvalue weighted by Gasteiger charge is -2.35. The van der Waals surface area contributed by atoms with Gasteiger partial charge in [0.05, 0.1) is 12.3 Å². The molecule has 1 aromatic rings. The summed E-state index contributed by atoms with van der Waals surface area (Å²) >= 11 is 0. The molecule has 132 valence electrons. The van der Waals surface area contributed by atoms with E-state index in [1.54, 1.807) is 7.11 Å². The molecule has 0 aromatic carbocycles. The molecule has 2 saturated heterocycles. The molecule has 0 atom stereocenters. The second-order valence-corrected chi connectivity index (χ2v) is 6.75. The Morgan fingerprint density at radius 3 is 2.67 bits per heavy atom. The minimum Gasteiger partial charge on any atom is -0.381 e. The van der Waals surface area contributed by atoms with E-state index in [0.29, 0.717) is 31.6 Å². The van der Waals surface area contributed by atoms with Crippen LogP contribution in [0.25, 0.3) is 0 Å². The molecule has 0 radical (unpaired) electrons. The fourth-order valence-electron chi connectivity index (χ4n) is 3.71. The van der Waals surface area contributed by atoms with Gasteiger partial charge in [-0.1, -0.05) is 0 Å². The molecule has 6 nitrogen and oxygen atoms in total. The van der Waals surface area contributed by atoms with Crippen molar-refractivity contribution in [1.29, 1.82) is 0 Å². The van der Waals surface area contributed by atoms with Gasteiger partial charge < -0.3 is 14.4 Å². The topological polar surface area (TPSA) is 64.6 Å². The largest absolute Gasteiger partial charge is 0.381 e. The number of nitrogens with zero attached hydrogens (tertiary/aromatic N) is 3. The third-order valence-corrected chi connectivity index (χ3v) is 5.08. The molecular weight excluding hydrogens is 306 g/mol. The number of ether oxygens (including phenoxy) is 2. The lowest BCUT2D eigenvalue weighted by Crippen LogP contribution is -2.43. The molecule has 2 aliphatic heterocycles. The van der Waals surface area contributed by atoms with Gasteiger partial charge in [0, 0.05) is 57.0 Å². The number of piperidine rings is 1. The average Bonchev–Trinajstić information content (AvgIpc) is 2.64. The van der Waals surface area contributed by atoms with Crippen LogP contribution in [0.2, 0.25) is 0 Å². The van der Waals surface area contributed by atoms with Gasteiger partial charge in [-0.2, -0.15) is 0 Å². The van der Waals surface area contributed by atoms with Gasteiger partial charge in [-0.15, -0.1) is 0 Å². The van der Waals surface area contributed by atoms with E-state index in [2.05, 4.69) is 9.97 Å². The SMILES string of the molecule is COCc1cnc(C)nc1C1CCN(C(=O)C2CCOCC2)CC1. The fraction of sp³-hybridized carbons (Fsp3) is 0.722. The second-order valence-electron chi connectivity index (χ2n) is 6.75. The molecule has 1 aromatic heterocycles. The van der Waals surface area contributed by atoms with Crippen molar-refractivity contribution in [2.24, 2.45) is 5.92 Å². The van der Waals surface area contributed by atoms with Crippen molar-refractivity contribution in [1.82, 2.24) is 14.9 Å². The molecule has 0 spiro atoms. The van der Waals surface area contributed by atoms with E-state index >= 15 is 0 Å². The Hall–Kier alpha value is -1.53. The van der Waals surface area contributed by atoms with Crippen LogP contribution >= 0.6 is 0 Å². The normalized spacial score (nSPS) is 20.3. The predicted molar refractivity (Wildman–Crippen MR) is 89.6 cm³/mol. The van der Waals surface area contributed by atoms with Crippen LogP contribution in [0.5, 0.6) is 0 Å². The molecule has 2 fully saturated rings. The second kappa shape index (κ2) is 8.03. The highest BCUT2D eigenvalue weighted by atomic mass is 16.5. The van der Waals surface area contributed by atoms with Crippen molar-refractivity contribution in [3.05, 3.63) is 23.3 Å². The van der Waals surface area contributed by atoms with Crippen LogP contribution in [-0.4, -0.2) is 54.2 Å². The van der Waals surface area contributed by atoms with Gasteiger partial charge in [-0.3, -0.25) is 4.79 Å². The summed E-state index contributed by atoms with van der Waals surface area (Å²) in [5.41, 5.74) is 2.17. The molecule has 1 amide bonds. The van der Waals surface area contributed by atoms with Gasteiger partial charge >= 0.3 is 0 Å². The first kappa shape index (κ1) is 17.3. The third kappa shape index (κ3) is 3.92. The van der Waals surface area contributed by atoms with Crippen LogP contribution in [0, 0.1) is 12.8 Å². The first-order valence-corrected chi connectivity index (χ1v) is 8.87. The maximum Gasteiger partial charge on any atom is 0.225 e. The van der Waals surface area contributed by atoms with Gasteiger partial charge in [-0.25, -0.2) is 9.97 Å². The number of amides is 1. The number of rotatable bonds is 4. The minimum atomic E-state index is 0.153. The molecule has 0 N–H and O–H groups in total. The van der Waals surface area contributed by atoms with Gasteiger partial charge in [0.25, 0.3) is 0 Å². The summed E-state index contributed by atoms with van der Waals surface area (Å²) in [6.45, 7) is 5.52. The number of likely N-dealkylation sites (tertiary alicyclic amines) is 1. The van der Waals surface area contributed by atoms with Crippen molar-refractivity contribution in [2.75, 3.05) is 33.4 Å².